The molecule has 2 fully saturated rings. The van der Waals surface area contributed by atoms with Crippen LogP contribution in [0.1, 0.15) is 39.9 Å². The summed E-state index contributed by atoms with van der Waals surface area (Å²) in [5, 5.41) is 0. The van der Waals surface area contributed by atoms with E-state index in [1.54, 1.807) is 4.90 Å². The molecule has 0 N–H and O–H groups in total. The van der Waals surface area contributed by atoms with E-state index in [2.05, 4.69) is 9.88 Å². The minimum absolute atomic E-state index is 0.0271. The Balaban J connectivity index is 1.40. The quantitative estimate of drug-likeness (QED) is 0.340. The van der Waals surface area contributed by atoms with Crippen LogP contribution >= 0.6 is 0 Å². The van der Waals surface area contributed by atoms with Gasteiger partial charge < -0.3 is 14.5 Å². The molecule has 2 saturated heterocycles. The number of amides is 2. The lowest BCUT2D eigenvalue weighted by Gasteiger charge is -2.45. The van der Waals surface area contributed by atoms with Crippen molar-refractivity contribution in [2.45, 2.75) is 37.3 Å². The van der Waals surface area contributed by atoms with E-state index >= 15 is 0 Å². The molecule has 2 aliphatic heterocycles. The van der Waals surface area contributed by atoms with Gasteiger partial charge in [-0.15, -0.1) is 0 Å². The van der Waals surface area contributed by atoms with Gasteiger partial charge in [0.1, 0.15) is 5.75 Å². The summed E-state index contributed by atoms with van der Waals surface area (Å²) in [7, 11) is 0. The molecule has 7 nitrogen and oxygen atoms in total. The zero-order valence-corrected chi connectivity index (χ0v) is 23.6. The van der Waals surface area contributed by atoms with E-state index < -0.39 is 46.5 Å². The van der Waals surface area contributed by atoms with Gasteiger partial charge in [0.25, 0.3) is 11.8 Å². The van der Waals surface area contributed by atoms with Crippen molar-refractivity contribution in [3.63, 3.8) is 0 Å². The second-order valence-electron chi connectivity index (χ2n) is 10.9. The molecule has 44 heavy (non-hydrogen) atoms. The molecule has 1 aromatic heterocycles. The van der Waals surface area contributed by atoms with Crippen molar-refractivity contribution >= 4 is 11.8 Å². The van der Waals surface area contributed by atoms with Crippen molar-refractivity contribution in [1.82, 2.24) is 19.7 Å². The summed E-state index contributed by atoms with van der Waals surface area (Å²) in [5.74, 6) is -1.47. The van der Waals surface area contributed by atoms with Gasteiger partial charge in [-0.25, -0.2) is 0 Å². The smallest absolute Gasteiger partial charge is 0.417 e. The average Bonchev–Trinajstić information content (AvgIpc) is 3.01. The zero-order chi connectivity index (χ0) is 31.5. The highest BCUT2D eigenvalue weighted by atomic mass is 19.4. The molecule has 3 heterocycles. The highest BCUT2D eigenvalue weighted by Crippen LogP contribution is 2.36. The van der Waals surface area contributed by atoms with Crippen molar-refractivity contribution in [2.75, 3.05) is 39.3 Å². The summed E-state index contributed by atoms with van der Waals surface area (Å²) in [4.78, 5) is 36.2. The Morgan fingerprint density at radius 1 is 0.818 bits per heavy atom. The van der Waals surface area contributed by atoms with Crippen molar-refractivity contribution in [1.29, 1.82) is 0 Å². The van der Waals surface area contributed by atoms with Crippen LogP contribution in [0.4, 0.5) is 26.3 Å². The summed E-state index contributed by atoms with van der Waals surface area (Å²) >= 11 is 0. The summed E-state index contributed by atoms with van der Waals surface area (Å²) in [6.07, 6.45) is -7.29. The van der Waals surface area contributed by atoms with Crippen LogP contribution in [0.5, 0.6) is 5.75 Å². The molecule has 2 aromatic carbocycles. The largest absolute Gasteiger partial charge is 0.476 e. The topological polar surface area (TPSA) is 66.0 Å². The number of nitrogens with zero attached hydrogens (tertiary/aromatic N) is 4. The first kappa shape index (κ1) is 31.3. The fourth-order valence-corrected chi connectivity index (χ4v) is 5.66. The van der Waals surface area contributed by atoms with Crippen LogP contribution in [0.15, 0.2) is 73.1 Å². The lowest BCUT2D eigenvalue weighted by molar-refractivity contribution is -0.154. The minimum atomic E-state index is -4.81. The van der Waals surface area contributed by atoms with E-state index in [4.69, 9.17) is 4.74 Å². The molecule has 0 bridgehead atoms. The number of benzene rings is 2. The molecule has 3 aromatic rings. The molecular formula is C31H30F6N4O3. The number of alkyl halides is 6. The number of rotatable bonds is 6. The summed E-state index contributed by atoms with van der Waals surface area (Å²) < 4.78 is 86.8. The SMILES string of the molecule is O=C(c1cnccc1C(F)(F)F)N1CCCC(Oc2ccc(C(F)(F)F)cc2)(C(=O)N2CCN(Cc3ccccc3)CC2)C1. The van der Waals surface area contributed by atoms with E-state index in [0.29, 0.717) is 38.8 Å². The zero-order valence-electron chi connectivity index (χ0n) is 23.6. The number of ether oxygens (including phenoxy) is 1. The van der Waals surface area contributed by atoms with Crippen LogP contribution in [-0.4, -0.2) is 76.4 Å². The normalized spacial score (nSPS) is 20.0. The molecule has 0 saturated carbocycles. The summed E-state index contributed by atoms with van der Waals surface area (Å²) in [6, 6.07) is 14.4. The van der Waals surface area contributed by atoms with Crippen molar-refractivity contribution in [3.05, 3.63) is 95.3 Å². The van der Waals surface area contributed by atoms with Crippen molar-refractivity contribution in [3.8, 4) is 5.75 Å². The van der Waals surface area contributed by atoms with Gasteiger partial charge in [0.15, 0.2) is 0 Å². The maximum atomic E-state index is 14.2. The predicted octanol–water partition coefficient (Wildman–Crippen LogP) is 5.52. The second-order valence-corrected chi connectivity index (χ2v) is 10.9. The number of pyridine rings is 1. The standard InChI is InChI=1S/C31H30F6N4O3/c32-30(33,34)23-7-9-24(10-8-23)44-29(28(43)40-17-15-39(16-18-40)20-22-5-2-1-3-6-22)12-4-14-41(21-29)27(42)25-19-38-13-11-26(25)31(35,36)37/h1-3,5-11,13,19H,4,12,14-18,20-21H2. The Bertz CT molecular complexity index is 1460. The van der Waals surface area contributed by atoms with Gasteiger partial charge in [-0.2, -0.15) is 26.3 Å². The fourth-order valence-electron chi connectivity index (χ4n) is 5.66. The van der Waals surface area contributed by atoms with Crippen LogP contribution in [0.25, 0.3) is 0 Å². The first-order valence-corrected chi connectivity index (χ1v) is 14.1. The molecule has 13 heteroatoms. The van der Waals surface area contributed by atoms with E-state index in [0.717, 1.165) is 47.1 Å². The maximum absolute atomic E-state index is 14.2. The van der Waals surface area contributed by atoms with Gasteiger partial charge in [0.05, 0.1) is 23.2 Å². The van der Waals surface area contributed by atoms with E-state index in [9.17, 15) is 35.9 Å². The van der Waals surface area contributed by atoms with E-state index in [1.165, 1.54) is 0 Å². The first-order chi connectivity index (χ1) is 20.9. The van der Waals surface area contributed by atoms with E-state index in [1.807, 2.05) is 30.3 Å². The monoisotopic (exact) mass is 620 g/mol. The fraction of sp³-hybridized carbons (Fsp3) is 0.387. The predicted molar refractivity (Wildman–Crippen MR) is 147 cm³/mol. The van der Waals surface area contributed by atoms with Crippen molar-refractivity contribution < 1.29 is 40.7 Å². The first-order valence-electron chi connectivity index (χ1n) is 14.1. The van der Waals surface area contributed by atoms with Crippen LogP contribution in [-0.2, 0) is 23.7 Å². The number of aromatic nitrogens is 1. The number of halogens is 6. The number of carbonyl (C=O) groups excluding carboxylic acids is 2. The lowest BCUT2D eigenvalue weighted by atomic mass is 9.89. The number of hydrogen-bond donors (Lipinski definition) is 0. The molecule has 0 spiro atoms. The highest BCUT2D eigenvalue weighted by Gasteiger charge is 2.49. The second kappa shape index (κ2) is 12.5. The Kier molecular flexibility index (Phi) is 8.87. The maximum Gasteiger partial charge on any atom is 0.417 e. The summed E-state index contributed by atoms with van der Waals surface area (Å²) in [5.41, 5.74) is -3.33. The Morgan fingerprint density at radius 2 is 1.50 bits per heavy atom. The van der Waals surface area contributed by atoms with E-state index in [-0.39, 0.29) is 31.7 Å². The number of carbonyl (C=O) groups is 2. The number of piperazine rings is 1. The third-order valence-electron chi connectivity index (χ3n) is 7.89. The Labute approximate surface area is 250 Å². The molecular weight excluding hydrogens is 590 g/mol. The molecule has 1 unspecified atom stereocenters. The average molecular weight is 621 g/mol. The molecule has 2 amide bonds. The van der Waals surface area contributed by atoms with Crippen LogP contribution in [0.2, 0.25) is 0 Å². The molecule has 1 atom stereocenters. The summed E-state index contributed by atoms with van der Waals surface area (Å²) in [6.45, 7) is 2.11. The van der Waals surface area contributed by atoms with Crippen molar-refractivity contribution in [2.24, 2.45) is 0 Å². The van der Waals surface area contributed by atoms with Crippen LogP contribution < -0.4 is 4.74 Å². The lowest BCUT2D eigenvalue weighted by Crippen LogP contribution is -2.64. The number of likely N-dealkylation sites (tertiary alicyclic amines) is 1. The van der Waals surface area contributed by atoms with Gasteiger partial charge in [-0.1, -0.05) is 30.3 Å². The molecule has 5 rings (SSSR count). The van der Waals surface area contributed by atoms with Gasteiger partial charge in [0, 0.05) is 51.7 Å². The van der Waals surface area contributed by atoms with Crippen LogP contribution in [0.3, 0.4) is 0 Å². The molecule has 234 valence electrons. The number of piperidine rings is 1. The number of hydrogen-bond acceptors (Lipinski definition) is 5. The molecule has 2 aliphatic rings. The Hall–Kier alpha value is -4.13. The highest BCUT2D eigenvalue weighted by molar-refractivity contribution is 5.96. The van der Waals surface area contributed by atoms with Gasteiger partial charge in [-0.3, -0.25) is 19.5 Å². The van der Waals surface area contributed by atoms with Gasteiger partial charge in [0.2, 0.25) is 5.60 Å². The molecule has 0 radical (unpaired) electrons. The van der Waals surface area contributed by atoms with Gasteiger partial charge in [-0.05, 0) is 48.7 Å². The Morgan fingerprint density at radius 3 is 2.14 bits per heavy atom. The third-order valence-corrected chi connectivity index (χ3v) is 7.89. The minimum Gasteiger partial charge on any atom is -0.476 e. The van der Waals surface area contributed by atoms with Gasteiger partial charge >= 0.3 is 12.4 Å². The van der Waals surface area contributed by atoms with Crippen LogP contribution in [0, 0.1) is 0 Å². The molecule has 0 aliphatic carbocycles. The third kappa shape index (κ3) is 6.98.